The third-order valence-corrected chi connectivity index (χ3v) is 8.44. The molecule has 3 aromatic rings. The highest BCUT2D eigenvalue weighted by molar-refractivity contribution is 7.93. The van der Waals surface area contributed by atoms with Crippen LogP contribution in [0.5, 0.6) is 0 Å². The molecule has 2 fully saturated rings. The molecule has 2 saturated heterocycles. The Bertz CT molecular complexity index is 1370. The van der Waals surface area contributed by atoms with Gasteiger partial charge in [-0.3, -0.25) is 0 Å². The smallest absolute Gasteiger partial charge is 0.410 e. The first kappa shape index (κ1) is 24.4. The maximum Gasteiger partial charge on any atom is 0.410 e. The van der Waals surface area contributed by atoms with Gasteiger partial charge < -0.3 is 24.3 Å². The van der Waals surface area contributed by atoms with E-state index in [1.807, 2.05) is 32.2 Å². The molecule has 0 radical (unpaired) electrons. The number of amides is 1. The Hall–Kier alpha value is -3.25. The minimum Gasteiger partial charge on any atom is -0.447 e. The van der Waals surface area contributed by atoms with Crippen LogP contribution in [0.25, 0.3) is 22.4 Å². The molecule has 11 nitrogen and oxygen atoms in total. The van der Waals surface area contributed by atoms with E-state index in [0.29, 0.717) is 44.5 Å². The summed E-state index contributed by atoms with van der Waals surface area (Å²) in [5, 5.41) is 0.900. The molecular weight excluding hydrogens is 482 g/mol. The van der Waals surface area contributed by atoms with Crippen molar-refractivity contribution in [3.63, 3.8) is 0 Å². The molecule has 12 heteroatoms. The summed E-state index contributed by atoms with van der Waals surface area (Å²) in [4.78, 5) is 33.1. The second-order valence-corrected chi connectivity index (χ2v) is 11.9. The molecule has 1 N–H and O–H groups in total. The number of nitrogens with zero attached hydrogens (tertiary/aromatic N) is 6. The molecule has 5 heterocycles. The van der Waals surface area contributed by atoms with E-state index in [4.69, 9.17) is 19.4 Å². The molecule has 1 atom stereocenters. The van der Waals surface area contributed by atoms with E-state index in [1.165, 1.54) is 0 Å². The Labute approximate surface area is 210 Å². The van der Waals surface area contributed by atoms with Gasteiger partial charge in [0.1, 0.15) is 11.5 Å². The SMILES string of the molecule is CC(C)OC(=O)N1CCS(=O)(=Nc2cc(N3CCOC[C@H]3C)nc(-c3ccnc4[nH]ccc34)n2)CC1. The first-order chi connectivity index (χ1) is 17.3. The standard InChI is InChI=1S/C24H31N7O4S/c1-16(2)35-24(32)30-9-12-36(33,13-10-30)29-20-14-21(31-8-11-34-15-17(31)3)28-23(27-20)19-5-7-26-22-18(19)4-6-25-22/h4-7,14,16-17H,8-13,15H2,1-3H3,(H,25,26)/t17-/m1/s1. The third kappa shape index (κ3) is 5.14. The number of nitrogens with one attached hydrogen (secondary N) is 1. The summed E-state index contributed by atoms with van der Waals surface area (Å²) in [5.74, 6) is 2.12. The normalized spacial score (nSPS) is 20.1. The van der Waals surface area contributed by atoms with Crippen LogP contribution in [0.15, 0.2) is 35.0 Å². The molecule has 0 spiro atoms. The molecule has 3 aromatic heterocycles. The van der Waals surface area contributed by atoms with Gasteiger partial charge in [0.15, 0.2) is 11.6 Å². The maximum absolute atomic E-state index is 13.7. The number of morpholine rings is 1. The third-order valence-electron chi connectivity index (χ3n) is 6.28. The summed E-state index contributed by atoms with van der Waals surface area (Å²) in [7, 11) is -2.61. The summed E-state index contributed by atoms with van der Waals surface area (Å²) in [5.41, 5.74) is 1.56. The van der Waals surface area contributed by atoms with Crippen molar-refractivity contribution in [3.05, 3.63) is 30.6 Å². The molecule has 5 rings (SSSR count). The quantitative estimate of drug-likeness (QED) is 0.564. The largest absolute Gasteiger partial charge is 0.447 e. The number of hydrogen-bond acceptors (Lipinski definition) is 9. The number of aromatic amines is 1. The second-order valence-electron chi connectivity index (χ2n) is 9.32. The molecular formula is C24H31N7O4S. The van der Waals surface area contributed by atoms with Crippen LogP contribution in [0.2, 0.25) is 0 Å². The summed E-state index contributed by atoms with van der Waals surface area (Å²) < 4.78 is 29.2. The van der Waals surface area contributed by atoms with Gasteiger partial charge in [-0.2, -0.15) is 4.36 Å². The van der Waals surface area contributed by atoms with Crippen LogP contribution >= 0.6 is 0 Å². The fourth-order valence-corrected chi connectivity index (χ4v) is 6.23. The highest BCUT2D eigenvalue weighted by Crippen LogP contribution is 2.30. The number of carbonyl (C=O) groups is 1. The maximum atomic E-state index is 13.7. The van der Waals surface area contributed by atoms with Crippen LogP contribution in [-0.2, 0) is 19.2 Å². The Kier molecular flexibility index (Phi) is 6.80. The summed E-state index contributed by atoms with van der Waals surface area (Å²) in [6.07, 6.45) is 2.96. The second kappa shape index (κ2) is 10.0. The predicted molar refractivity (Wildman–Crippen MR) is 138 cm³/mol. The van der Waals surface area contributed by atoms with Gasteiger partial charge in [0.05, 0.1) is 46.6 Å². The predicted octanol–water partition coefficient (Wildman–Crippen LogP) is 3.21. The van der Waals surface area contributed by atoms with Crippen LogP contribution in [0.4, 0.5) is 16.4 Å². The van der Waals surface area contributed by atoms with Gasteiger partial charge in [0, 0.05) is 49.0 Å². The molecule has 0 unspecified atom stereocenters. The average molecular weight is 514 g/mol. The number of hydrogen-bond donors (Lipinski definition) is 1. The molecule has 0 bridgehead atoms. The topological polar surface area (TPSA) is 126 Å². The van der Waals surface area contributed by atoms with Gasteiger partial charge in [0.25, 0.3) is 0 Å². The van der Waals surface area contributed by atoms with Crippen molar-refractivity contribution in [2.24, 2.45) is 4.36 Å². The van der Waals surface area contributed by atoms with Crippen molar-refractivity contribution in [1.82, 2.24) is 24.8 Å². The number of fused-ring (bicyclic) bond motifs is 1. The van der Waals surface area contributed by atoms with Crippen LogP contribution in [0.1, 0.15) is 20.8 Å². The Morgan fingerprint density at radius 3 is 2.81 bits per heavy atom. The number of ether oxygens (including phenoxy) is 2. The Balaban J connectivity index is 1.51. The Morgan fingerprint density at radius 1 is 1.25 bits per heavy atom. The van der Waals surface area contributed by atoms with Crippen molar-refractivity contribution in [2.45, 2.75) is 32.9 Å². The zero-order valence-corrected chi connectivity index (χ0v) is 21.5. The van der Waals surface area contributed by atoms with Gasteiger partial charge in [-0.1, -0.05) is 0 Å². The van der Waals surface area contributed by atoms with Crippen LogP contribution in [-0.4, -0.2) is 91.6 Å². The summed E-state index contributed by atoms with van der Waals surface area (Å²) in [6.45, 7) is 8.25. The minimum atomic E-state index is -2.61. The molecule has 2 aliphatic rings. The monoisotopic (exact) mass is 513 g/mol. The van der Waals surface area contributed by atoms with Gasteiger partial charge in [-0.25, -0.2) is 24.0 Å². The van der Waals surface area contributed by atoms with Crippen molar-refractivity contribution in [1.29, 1.82) is 0 Å². The first-order valence-electron chi connectivity index (χ1n) is 12.2. The molecule has 1 amide bonds. The lowest BCUT2D eigenvalue weighted by Gasteiger charge is -2.34. The van der Waals surface area contributed by atoms with Gasteiger partial charge in [0.2, 0.25) is 0 Å². The minimum absolute atomic E-state index is 0.128. The van der Waals surface area contributed by atoms with Crippen molar-refractivity contribution in [3.8, 4) is 11.4 Å². The zero-order chi connectivity index (χ0) is 25.3. The van der Waals surface area contributed by atoms with Gasteiger partial charge in [-0.15, -0.1) is 0 Å². The van der Waals surface area contributed by atoms with Crippen molar-refractivity contribution < 1.29 is 18.5 Å². The number of pyridine rings is 1. The highest BCUT2D eigenvalue weighted by Gasteiger charge is 2.27. The first-order valence-corrected chi connectivity index (χ1v) is 14.0. The molecule has 0 saturated carbocycles. The number of aromatic nitrogens is 4. The number of carbonyl (C=O) groups excluding carboxylic acids is 1. The van der Waals surface area contributed by atoms with E-state index in [2.05, 4.69) is 26.2 Å². The van der Waals surface area contributed by atoms with Gasteiger partial charge in [-0.05, 0) is 32.9 Å². The van der Waals surface area contributed by atoms with Gasteiger partial charge >= 0.3 is 6.09 Å². The lowest BCUT2D eigenvalue weighted by molar-refractivity contribution is 0.0795. The van der Waals surface area contributed by atoms with E-state index in [-0.39, 0.29) is 29.7 Å². The van der Waals surface area contributed by atoms with Crippen molar-refractivity contribution in [2.75, 3.05) is 49.3 Å². The zero-order valence-electron chi connectivity index (χ0n) is 20.7. The van der Waals surface area contributed by atoms with E-state index in [9.17, 15) is 9.00 Å². The molecule has 36 heavy (non-hydrogen) atoms. The lowest BCUT2D eigenvalue weighted by Crippen LogP contribution is -2.44. The van der Waals surface area contributed by atoms with E-state index >= 15 is 0 Å². The van der Waals surface area contributed by atoms with E-state index < -0.39 is 9.73 Å². The fraction of sp³-hybridized carbons (Fsp3) is 0.500. The number of rotatable bonds is 4. The van der Waals surface area contributed by atoms with Crippen LogP contribution in [0, 0.1) is 0 Å². The molecule has 192 valence electrons. The molecule has 2 aliphatic heterocycles. The van der Waals surface area contributed by atoms with E-state index in [0.717, 1.165) is 22.4 Å². The van der Waals surface area contributed by atoms with E-state index in [1.54, 1.807) is 17.2 Å². The van der Waals surface area contributed by atoms with Crippen LogP contribution in [0.3, 0.4) is 0 Å². The van der Waals surface area contributed by atoms with Crippen molar-refractivity contribution >= 4 is 38.5 Å². The molecule has 0 aromatic carbocycles. The average Bonchev–Trinajstić information content (AvgIpc) is 3.33. The highest BCUT2D eigenvalue weighted by atomic mass is 32.2. The summed E-state index contributed by atoms with van der Waals surface area (Å²) in [6, 6.07) is 5.74. The Morgan fingerprint density at radius 2 is 2.06 bits per heavy atom. The lowest BCUT2D eigenvalue weighted by atomic mass is 10.1. The summed E-state index contributed by atoms with van der Waals surface area (Å²) >= 11 is 0. The fourth-order valence-electron chi connectivity index (χ4n) is 4.40. The number of anilines is 1. The van der Waals surface area contributed by atoms with Crippen LogP contribution < -0.4 is 4.90 Å². The molecule has 0 aliphatic carbocycles. The number of H-pyrrole nitrogens is 1.